The molecule has 0 bridgehead atoms. The summed E-state index contributed by atoms with van der Waals surface area (Å²) in [6, 6.07) is 18.1. The summed E-state index contributed by atoms with van der Waals surface area (Å²) in [4.78, 5) is 28.2. The molecule has 3 aromatic carbocycles. The van der Waals surface area contributed by atoms with Gasteiger partial charge in [0.2, 0.25) is 11.8 Å². The van der Waals surface area contributed by atoms with Gasteiger partial charge in [-0.15, -0.1) is 0 Å². The first kappa shape index (κ1) is 29.8. The summed E-state index contributed by atoms with van der Waals surface area (Å²) < 4.78 is 28.4. The summed E-state index contributed by atoms with van der Waals surface area (Å²) in [5, 5.41) is 3.83. The van der Waals surface area contributed by atoms with Gasteiger partial charge in [-0.05, 0) is 67.4 Å². The van der Waals surface area contributed by atoms with Crippen LogP contribution in [0.4, 0.5) is 5.69 Å². The van der Waals surface area contributed by atoms with Crippen molar-refractivity contribution in [3.63, 3.8) is 0 Å². The van der Waals surface area contributed by atoms with Crippen LogP contribution in [0.15, 0.2) is 77.7 Å². The standard InChI is InChI=1S/C27H28Cl3N3O4S/c1-3-25(27(35)31-4-2)32(17-19-10-15-23(29)24(30)16-19)26(34)18-33(21-13-11-20(28)12-14-21)38(36,37)22-8-6-5-7-9-22/h5-16,25H,3-4,17-18H2,1-2H3,(H,31,35)/t25-/m1/s1. The predicted molar refractivity (Wildman–Crippen MR) is 152 cm³/mol. The number of carbonyl (C=O) groups excluding carboxylic acids is 2. The fourth-order valence-electron chi connectivity index (χ4n) is 3.90. The largest absolute Gasteiger partial charge is 0.355 e. The zero-order chi connectivity index (χ0) is 27.9. The molecule has 202 valence electrons. The second kappa shape index (κ2) is 13.3. The van der Waals surface area contributed by atoms with Crippen LogP contribution < -0.4 is 9.62 Å². The Morgan fingerprint density at radius 1 is 0.895 bits per heavy atom. The van der Waals surface area contributed by atoms with Crippen LogP contribution >= 0.6 is 34.8 Å². The minimum absolute atomic E-state index is 0.0191. The predicted octanol–water partition coefficient (Wildman–Crippen LogP) is 5.79. The van der Waals surface area contributed by atoms with Crippen molar-refractivity contribution in [1.82, 2.24) is 10.2 Å². The lowest BCUT2D eigenvalue weighted by Gasteiger charge is -2.33. The van der Waals surface area contributed by atoms with Gasteiger partial charge in [-0.2, -0.15) is 0 Å². The van der Waals surface area contributed by atoms with Crippen LogP contribution in [-0.2, 0) is 26.2 Å². The molecule has 0 spiro atoms. The highest BCUT2D eigenvalue weighted by molar-refractivity contribution is 7.92. The number of nitrogens with one attached hydrogen (secondary N) is 1. The zero-order valence-corrected chi connectivity index (χ0v) is 24.0. The molecule has 0 saturated heterocycles. The Balaban J connectivity index is 2.05. The molecule has 7 nitrogen and oxygen atoms in total. The summed E-state index contributed by atoms with van der Waals surface area (Å²) in [5.41, 5.74) is 0.895. The molecular formula is C27H28Cl3N3O4S. The number of hydrogen-bond donors (Lipinski definition) is 1. The van der Waals surface area contributed by atoms with Crippen molar-refractivity contribution in [2.75, 3.05) is 17.4 Å². The van der Waals surface area contributed by atoms with E-state index in [4.69, 9.17) is 34.8 Å². The number of hydrogen-bond acceptors (Lipinski definition) is 4. The Bertz CT molecular complexity index is 1370. The van der Waals surface area contributed by atoms with Crippen molar-refractivity contribution < 1.29 is 18.0 Å². The lowest BCUT2D eigenvalue weighted by molar-refractivity contribution is -0.140. The first-order valence-corrected chi connectivity index (χ1v) is 14.5. The van der Waals surface area contributed by atoms with E-state index >= 15 is 0 Å². The number of nitrogens with zero attached hydrogens (tertiary/aromatic N) is 2. The van der Waals surface area contributed by atoms with Crippen molar-refractivity contribution in [2.24, 2.45) is 0 Å². The molecule has 11 heteroatoms. The van der Waals surface area contributed by atoms with Crippen molar-refractivity contribution in [3.05, 3.63) is 93.4 Å². The van der Waals surface area contributed by atoms with Gasteiger partial charge in [-0.3, -0.25) is 13.9 Å². The van der Waals surface area contributed by atoms with E-state index in [-0.39, 0.29) is 23.0 Å². The van der Waals surface area contributed by atoms with E-state index in [9.17, 15) is 18.0 Å². The quantitative estimate of drug-likeness (QED) is 0.304. The molecule has 0 aliphatic rings. The average Bonchev–Trinajstić information content (AvgIpc) is 2.90. The Morgan fingerprint density at radius 2 is 1.55 bits per heavy atom. The zero-order valence-electron chi connectivity index (χ0n) is 20.9. The van der Waals surface area contributed by atoms with Crippen molar-refractivity contribution in [1.29, 1.82) is 0 Å². The van der Waals surface area contributed by atoms with Gasteiger partial charge in [0.25, 0.3) is 10.0 Å². The minimum atomic E-state index is -4.14. The highest BCUT2D eigenvalue weighted by Gasteiger charge is 2.33. The van der Waals surface area contributed by atoms with Gasteiger partial charge in [0.05, 0.1) is 20.6 Å². The van der Waals surface area contributed by atoms with Crippen LogP contribution in [0.5, 0.6) is 0 Å². The van der Waals surface area contributed by atoms with Crippen LogP contribution in [-0.4, -0.2) is 44.3 Å². The highest BCUT2D eigenvalue weighted by Crippen LogP contribution is 2.27. The SMILES string of the molecule is CCNC(=O)[C@@H](CC)N(Cc1ccc(Cl)c(Cl)c1)C(=O)CN(c1ccc(Cl)cc1)S(=O)(=O)c1ccccc1. The van der Waals surface area contributed by atoms with E-state index in [2.05, 4.69) is 5.32 Å². The van der Waals surface area contributed by atoms with Gasteiger partial charge in [-0.25, -0.2) is 8.42 Å². The molecule has 0 fully saturated rings. The highest BCUT2D eigenvalue weighted by atomic mass is 35.5. The molecule has 0 unspecified atom stereocenters. The fourth-order valence-corrected chi connectivity index (χ4v) is 5.78. The number of halogens is 3. The normalized spacial score (nSPS) is 12.0. The second-order valence-corrected chi connectivity index (χ2v) is 11.5. The number of sulfonamides is 1. The van der Waals surface area contributed by atoms with E-state index in [0.29, 0.717) is 33.6 Å². The summed E-state index contributed by atoms with van der Waals surface area (Å²) in [5.74, 6) is -0.906. The molecular weight excluding hydrogens is 569 g/mol. The van der Waals surface area contributed by atoms with Crippen molar-refractivity contribution in [2.45, 2.75) is 37.8 Å². The van der Waals surface area contributed by atoms with E-state index in [0.717, 1.165) is 4.31 Å². The van der Waals surface area contributed by atoms with E-state index < -0.39 is 28.5 Å². The van der Waals surface area contributed by atoms with Crippen LogP contribution in [0.2, 0.25) is 15.1 Å². The third-order valence-electron chi connectivity index (χ3n) is 5.80. The topological polar surface area (TPSA) is 86.8 Å². The minimum Gasteiger partial charge on any atom is -0.355 e. The van der Waals surface area contributed by atoms with Gasteiger partial charge in [0.15, 0.2) is 0 Å². The summed E-state index contributed by atoms with van der Waals surface area (Å²) in [6.45, 7) is 3.42. The lowest BCUT2D eigenvalue weighted by Crippen LogP contribution is -2.52. The summed E-state index contributed by atoms with van der Waals surface area (Å²) in [6.07, 6.45) is 0.311. The summed E-state index contributed by atoms with van der Waals surface area (Å²) >= 11 is 18.3. The average molecular weight is 597 g/mol. The number of rotatable bonds is 11. The molecule has 3 aromatic rings. The first-order valence-electron chi connectivity index (χ1n) is 11.9. The molecule has 0 aromatic heterocycles. The molecule has 38 heavy (non-hydrogen) atoms. The number of likely N-dealkylation sites (N-methyl/N-ethyl adjacent to an activating group) is 1. The molecule has 1 N–H and O–H groups in total. The fraction of sp³-hybridized carbons (Fsp3) is 0.259. The second-order valence-electron chi connectivity index (χ2n) is 8.39. The molecule has 0 heterocycles. The monoisotopic (exact) mass is 595 g/mol. The van der Waals surface area contributed by atoms with Gasteiger partial charge in [0.1, 0.15) is 12.6 Å². The third kappa shape index (κ3) is 7.20. The Labute approximate surface area is 238 Å². The molecule has 0 aliphatic heterocycles. The maximum Gasteiger partial charge on any atom is 0.264 e. The molecule has 2 amide bonds. The summed E-state index contributed by atoms with van der Waals surface area (Å²) in [7, 11) is -4.14. The Hall–Kier alpha value is -2.78. The number of carbonyl (C=O) groups is 2. The number of anilines is 1. The molecule has 0 saturated carbocycles. The maximum absolute atomic E-state index is 13.9. The Morgan fingerprint density at radius 3 is 2.13 bits per heavy atom. The van der Waals surface area contributed by atoms with Crippen LogP contribution in [0.3, 0.4) is 0 Å². The van der Waals surface area contributed by atoms with E-state index in [1.807, 2.05) is 0 Å². The molecule has 1 atom stereocenters. The van der Waals surface area contributed by atoms with E-state index in [1.54, 1.807) is 62.4 Å². The third-order valence-corrected chi connectivity index (χ3v) is 8.58. The van der Waals surface area contributed by atoms with Crippen LogP contribution in [0.1, 0.15) is 25.8 Å². The van der Waals surface area contributed by atoms with Crippen molar-refractivity contribution in [3.8, 4) is 0 Å². The molecule has 0 radical (unpaired) electrons. The molecule has 0 aliphatic carbocycles. The van der Waals surface area contributed by atoms with E-state index in [1.165, 1.54) is 29.2 Å². The van der Waals surface area contributed by atoms with Gasteiger partial charge >= 0.3 is 0 Å². The van der Waals surface area contributed by atoms with Gasteiger partial charge in [0, 0.05) is 18.1 Å². The lowest BCUT2D eigenvalue weighted by atomic mass is 10.1. The number of amides is 2. The van der Waals surface area contributed by atoms with Gasteiger partial charge < -0.3 is 10.2 Å². The smallest absolute Gasteiger partial charge is 0.264 e. The van der Waals surface area contributed by atoms with Gasteiger partial charge in [-0.1, -0.05) is 66.0 Å². The molecule has 3 rings (SSSR count). The maximum atomic E-state index is 13.9. The number of benzene rings is 3. The van der Waals surface area contributed by atoms with Crippen molar-refractivity contribution >= 4 is 62.3 Å². The Kier molecular flexibility index (Phi) is 10.4. The first-order chi connectivity index (χ1) is 18.1. The van der Waals surface area contributed by atoms with Crippen LogP contribution in [0, 0.1) is 0 Å². The van der Waals surface area contributed by atoms with Crippen LogP contribution in [0.25, 0.3) is 0 Å².